The van der Waals surface area contributed by atoms with E-state index in [2.05, 4.69) is 0 Å². The highest BCUT2D eigenvalue weighted by atomic mass is 19.1. The first-order chi connectivity index (χ1) is 12.5. The molecular weight excluding hydrogens is 340 g/mol. The summed E-state index contributed by atoms with van der Waals surface area (Å²) in [6.45, 7) is 0. The summed E-state index contributed by atoms with van der Waals surface area (Å²) < 4.78 is 52.9. The van der Waals surface area contributed by atoms with Crippen molar-refractivity contribution in [2.45, 2.75) is 0 Å². The van der Waals surface area contributed by atoms with Crippen molar-refractivity contribution in [3.05, 3.63) is 106 Å². The lowest BCUT2D eigenvalue weighted by molar-refractivity contribution is 0.581. The molecule has 26 heavy (non-hydrogen) atoms. The van der Waals surface area contributed by atoms with Crippen LogP contribution < -0.4 is 0 Å². The third-order valence-corrected chi connectivity index (χ3v) is 3.77. The average molecular weight is 354 g/mol. The maximum absolute atomic E-state index is 13.6. The Morgan fingerprint density at radius 3 is 1.19 bits per heavy atom. The van der Waals surface area contributed by atoms with Gasteiger partial charge in [-0.2, -0.15) is 0 Å². The summed E-state index contributed by atoms with van der Waals surface area (Å²) in [4.78, 5) is 0. The number of rotatable bonds is 4. The van der Waals surface area contributed by atoms with Crippen LogP contribution in [0.5, 0.6) is 0 Å². The molecule has 0 bridgehead atoms. The van der Waals surface area contributed by atoms with Gasteiger partial charge in [0, 0.05) is 23.3 Å². The quantitative estimate of drug-likeness (QED) is 0.366. The highest BCUT2D eigenvalue weighted by Gasteiger charge is 2.01. The highest BCUT2D eigenvalue weighted by molar-refractivity contribution is 5.73. The van der Waals surface area contributed by atoms with Crippen molar-refractivity contribution >= 4 is 24.3 Å². The van der Waals surface area contributed by atoms with Gasteiger partial charge in [0.2, 0.25) is 0 Å². The van der Waals surface area contributed by atoms with Gasteiger partial charge in [-0.05, 0) is 35.4 Å². The molecule has 0 saturated heterocycles. The fraction of sp³-hybridized carbons (Fsp3) is 0. The molecule has 0 heterocycles. The van der Waals surface area contributed by atoms with Gasteiger partial charge in [0.05, 0.1) is 0 Å². The molecular formula is C22H14F4. The van der Waals surface area contributed by atoms with Crippen molar-refractivity contribution in [2.75, 3.05) is 0 Å². The second-order valence-corrected chi connectivity index (χ2v) is 5.67. The van der Waals surface area contributed by atoms with Crippen LogP contribution in [0.25, 0.3) is 24.3 Å². The van der Waals surface area contributed by atoms with E-state index < -0.39 is 23.3 Å². The molecule has 3 rings (SSSR count). The molecule has 3 aromatic carbocycles. The minimum absolute atomic E-state index is 0.294. The van der Waals surface area contributed by atoms with Gasteiger partial charge in [-0.25, -0.2) is 17.6 Å². The van der Waals surface area contributed by atoms with E-state index in [1.165, 1.54) is 24.3 Å². The van der Waals surface area contributed by atoms with Crippen molar-refractivity contribution in [2.24, 2.45) is 0 Å². The van der Waals surface area contributed by atoms with Gasteiger partial charge < -0.3 is 0 Å². The number of benzene rings is 3. The van der Waals surface area contributed by atoms with E-state index in [4.69, 9.17) is 0 Å². The zero-order valence-electron chi connectivity index (χ0n) is 13.6. The first kappa shape index (κ1) is 17.7. The Morgan fingerprint density at radius 2 is 0.846 bits per heavy atom. The van der Waals surface area contributed by atoms with E-state index in [-0.39, 0.29) is 0 Å². The van der Waals surface area contributed by atoms with Crippen LogP contribution >= 0.6 is 0 Å². The van der Waals surface area contributed by atoms with Crippen LogP contribution in [0.4, 0.5) is 17.6 Å². The minimum Gasteiger partial charge on any atom is -0.207 e. The summed E-state index contributed by atoms with van der Waals surface area (Å²) in [6, 6.07) is 14.1. The summed E-state index contributed by atoms with van der Waals surface area (Å²) in [5, 5.41) is 0. The Morgan fingerprint density at radius 1 is 0.462 bits per heavy atom. The molecule has 130 valence electrons. The molecule has 0 saturated carbocycles. The van der Waals surface area contributed by atoms with Crippen molar-refractivity contribution in [3.8, 4) is 0 Å². The molecule has 4 heteroatoms. The Labute approximate surface area is 148 Å². The van der Waals surface area contributed by atoms with E-state index in [0.29, 0.717) is 11.1 Å². The van der Waals surface area contributed by atoms with Crippen molar-refractivity contribution in [1.82, 2.24) is 0 Å². The smallest absolute Gasteiger partial charge is 0.133 e. The summed E-state index contributed by atoms with van der Waals surface area (Å²) >= 11 is 0. The van der Waals surface area contributed by atoms with Crippen molar-refractivity contribution in [3.63, 3.8) is 0 Å². The molecule has 3 aromatic rings. The second-order valence-electron chi connectivity index (χ2n) is 5.67. The second kappa shape index (κ2) is 7.83. The number of hydrogen-bond acceptors (Lipinski definition) is 0. The third kappa shape index (κ3) is 4.48. The lowest BCUT2D eigenvalue weighted by atomic mass is 10.1. The Balaban J connectivity index is 1.72. The molecule has 0 radical (unpaired) electrons. The van der Waals surface area contributed by atoms with Crippen LogP contribution in [0.3, 0.4) is 0 Å². The first-order valence-electron chi connectivity index (χ1n) is 7.87. The fourth-order valence-corrected chi connectivity index (χ4v) is 2.36. The first-order valence-corrected chi connectivity index (χ1v) is 7.87. The van der Waals surface area contributed by atoms with E-state index in [0.717, 1.165) is 23.3 Å². The predicted octanol–water partition coefficient (Wildman–Crippen LogP) is 6.58. The highest BCUT2D eigenvalue weighted by Crippen LogP contribution is 2.16. The molecule has 0 fully saturated rings. The molecule has 0 aromatic heterocycles. The van der Waals surface area contributed by atoms with Crippen LogP contribution in [0.1, 0.15) is 22.3 Å². The van der Waals surface area contributed by atoms with Gasteiger partial charge in [-0.3, -0.25) is 0 Å². The monoisotopic (exact) mass is 354 g/mol. The van der Waals surface area contributed by atoms with Gasteiger partial charge in [-0.1, -0.05) is 48.6 Å². The van der Waals surface area contributed by atoms with E-state index >= 15 is 0 Å². The largest absolute Gasteiger partial charge is 0.207 e. The SMILES string of the molecule is Fc1ccc(/C=C/c2ccc(/C=C/c3ccc(F)cc3F)cc2)c(F)c1. The van der Waals surface area contributed by atoms with Crippen molar-refractivity contribution < 1.29 is 17.6 Å². The van der Waals surface area contributed by atoms with Crippen LogP contribution in [0.15, 0.2) is 60.7 Å². The molecule has 0 nitrogen and oxygen atoms in total. The lowest BCUT2D eigenvalue weighted by Gasteiger charge is -1.99. The Hall–Kier alpha value is -3.14. The molecule has 0 atom stereocenters. The van der Waals surface area contributed by atoms with E-state index in [9.17, 15) is 17.6 Å². The summed E-state index contributed by atoms with van der Waals surface area (Å²) in [5.41, 5.74) is 2.25. The lowest BCUT2D eigenvalue weighted by Crippen LogP contribution is -1.84. The van der Waals surface area contributed by atoms with Crippen LogP contribution in [0.2, 0.25) is 0 Å². The minimum atomic E-state index is -0.623. The summed E-state index contributed by atoms with van der Waals surface area (Å²) in [6.07, 6.45) is 6.55. The van der Waals surface area contributed by atoms with Gasteiger partial charge in [0.15, 0.2) is 0 Å². The van der Waals surface area contributed by atoms with Crippen LogP contribution in [-0.4, -0.2) is 0 Å². The Kier molecular flexibility index (Phi) is 5.32. The van der Waals surface area contributed by atoms with Gasteiger partial charge in [-0.15, -0.1) is 0 Å². The standard InChI is InChI=1S/C22H14F4/c23-19-11-9-17(21(25)13-19)7-5-15-1-2-16(4-3-15)6-8-18-10-12-20(24)14-22(18)26/h1-14H/b7-5+,8-6+. The molecule has 0 amide bonds. The van der Waals surface area contributed by atoms with Gasteiger partial charge in [0.25, 0.3) is 0 Å². The molecule has 0 N–H and O–H groups in total. The average Bonchev–Trinajstić information content (AvgIpc) is 2.61. The fourth-order valence-electron chi connectivity index (χ4n) is 2.36. The van der Waals surface area contributed by atoms with Gasteiger partial charge in [0.1, 0.15) is 23.3 Å². The number of hydrogen-bond donors (Lipinski definition) is 0. The molecule has 0 spiro atoms. The maximum atomic E-state index is 13.6. The van der Waals surface area contributed by atoms with Gasteiger partial charge >= 0.3 is 0 Å². The molecule has 0 unspecified atom stereocenters. The van der Waals surface area contributed by atoms with Crippen molar-refractivity contribution in [1.29, 1.82) is 0 Å². The molecule has 0 aliphatic carbocycles. The Bertz CT molecular complexity index is 889. The van der Waals surface area contributed by atoms with E-state index in [1.807, 2.05) is 24.3 Å². The number of halogens is 4. The van der Waals surface area contributed by atoms with Crippen LogP contribution in [0, 0.1) is 23.3 Å². The maximum Gasteiger partial charge on any atom is 0.133 e. The topological polar surface area (TPSA) is 0 Å². The van der Waals surface area contributed by atoms with Crippen LogP contribution in [-0.2, 0) is 0 Å². The predicted molar refractivity (Wildman–Crippen MR) is 97.0 cm³/mol. The third-order valence-electron chi connectivity index (χ3n) is 3.77. The molecule has 0 aliphatic rings. The molecule has 0 aliphatic heterocycles. The normalized spacial score (nSPS) is 11.5. The van der Waals surface area contributed by atoms with E-state index in [1.54, 1.807) is 24.3 Å². The zero-order valence-corrected chi connectivity index (χ0v) is 13.6. The summed E-state index contributed by atoms with van der Waals surface area (Å²) in [7, 11) is 0. The zero-order chi connectivity index (χ0) is 18.5. The summed E-state index contributed by atoms with van der Waals surface area (Å²) in [5.74, 6) is -2.48.